The number of nitrogens with zero attached hydrogens (tertiary/aromatic N) is 3. The van der Waals surface area contributed by atoms with Crippen molar-refractivity contribution < 1.29 is 38.4 Å². The second-order valence-electron chi connectivity index (χ2n) is 19.5. The van der Waals surface area contributed by atoms with Crippen molar-refractivity contribution in [3.8, 4) is 5.75 Å². The fourth-order valence-corrected chi connectivity index (χ4v) is 13.5. The Morgan fingerprint density at radius 1 is 1.06 bits per heavy atom. The average Bonchev–Trinajstić information content (AvgIpc) is 3.94. The normalized spacial score (nSPS) is 33.0. The first-order chi connectivity index (χ1) is 30.2. The molecule has 9 rings (SSSR count). The summed E-state index contributed by atoms with van der Waals surface area (Å²) in [6.07, 6.45) is 8.24. The highest BCUT2D eigenvalue weighted by Gasteiger charge is 2.78. The number of anilines is 1. The number of H-pyrrole nitrogens is 1. The predicted molar refractivity (Wildman–Crippen MR) is 241 cm³/mol. The van der Waals surface area contributed by atoms with Crippen molar-refractivity contribution in [3.05, 3.63) is 82.6 Å². The number of likely N-dealkylation sites (N-methyl/N-ethyl adjacent to an activating group) is 1. The molecule has 1 aromatic heterocycles. The van der Waals surface area contributed by atoms with Gasteiger partial charge in [0.15, 0.2) is 5.60 Å². The fourth-order valence-electron chi connectivity index (χ4n) is 13.5. The van der Waals surface area contributed by atoms with Crippen LogP contribution in [0.5, 0.6) is 5.75 Å². The first kappa shape index (κ1) is 43.4. The van der Waals surface area contributed by atoms with E-state index in [9.17, 15) is 14.7 Å². The van der Waals surface area contributed by atoms with Gasteiger partial charge in [-0.15, -0.1) is 0 Å². The molecule has 3 aromatic rings. The number of rotatable bonds is 10. The van der Waals surface area contributed by atoms with Crippen LogP contribution < -0.4 is 15.0 Å². The van der Waals surface area contributed by atoms with Gasteiger partial charge in [0.25, 0.3) is 0 Å². The number of para-hydroxylation sites is 1. The summed E-state index contributed by atoms with van der Waals surface area (Å²) in [5.74, 6) is -0.151. The molecule has 1 saturated carbocycles. The summed E-state index contributed by atoms with van der Waals surface area (Å²) in [6.45, 7) is 13.6. The largest absolute Gasteiger partial charge is 0.496 e. The van der Waals surface area contributed by atoms with Gasteiger partial charge >= 0.3 is 18.0 Å². The molecule has 2 fully saturated rings. The number of aliphatic hydroxyl groups is 1. The number of nitrogens with one attached hydrogen (secondary N) is 2. The molecule has 63 heavy (non-hydrogen) atoms. The van der Waals surface area contributed by atoms with Gasteiger partial charge in [0.1, 0.15) is 23.9 Å². The van der Waals surface area contributed by atoms with Gasteiger partial charge in [-0.25, -0.2) is 4.79 Å². The second-order valence-corrected chi connectivity index (χ2v) is 19.5. The fraction of sp³-hybridized carbons (Fsp3) is 0.580. The molecule has 1 spiro atoms. The Bertz CT molecular complexity index is 2370. The molecule has 1 amide bonds. The summed E-state index contributed by atoms with van der Waals surface area (Å²) in [7, 11) is 5.09. The number of hydrogen-bond acceptors (Lipinski definition) is 11. The van der Waals surface area contributed by atoms with Gasteiger partial charge in [-0.05, 0) is 73.7 Å². The van der Waals surface area contributed by atoms with Crippen molar-refractivity contribution in [2.75, 3.05) is 72.0 Å². The van der Waals surface area contributed by atoms with Gasteiger partial charge in [0.2, 0.25) is 0 Å². The molecule has 13 heteroatoms. The van der Waals surface area contributed by atoms with E-state index in [-0.39, 0.29) is 23.8 Å². The van der Waals surface area contributed by atoms with Crippen LogP contribution in [0.15, 0.2) is 60.2 Å². The lowest BCUT2D eigenvalue weighted by Crippen LogP contribution is -2.80. The zero-order valence-electron chi connectivity index (χ0n) is 38.2. The van der Waals surface area contributed by atoms with Crippen molar-refractivity contribution in [2.24, 2.45) is 17.3 Å². The average molecular weight is 864 g/mol. The minimum absolute atomic E-state index is 0.0261. The van der Waals surface area contributed by atoms with Crippen molar-refractivity contribution in [1.29, 1.82) is 0 Å². The van der Waals surface area contributed by atoms with Crippen LogP contribution >= 0.6 is 0 Å². The summed E-state index contributed by atoms with van der Waals surface area (Å²) in [5.41, 5.74) is 1.88. The third kappa shape index (κ3) is 6.37. The maximum atomic E-state index is 15.4. The standard InChI is InChI=1S/C50H65N5O8/c1-9-32-22-33-25-49(45(57)61-8,41-35(16-20-54(27-32)28-33)34-14-11-12-15-38(34)52-41)37-23-36-39(24-40(37)60-7)53(6)43-48(36)18-21-55-19-13-17-47(10-2,42(48)55)44(63-31(5)56)50(43,59)29-62-46(58)51-26-30(3)4/h11-15,17,22-24,30,33,42-44,52,59H,9-10,16,18-21,25-29H2,1-8H3,(H,51,58)/t33-,42-,43+,44+,47+,48+,49-,50?/m0/s1. The quantitative estimate of drug-likeness (QED) is 0.125. The number of hydrogen-bond donors (Lipinski definition) is 3. The van der Waals surface area contributed by atoms with E-state index in [0.717, 1.165) is 72.4 Å². The first-order valence-electron chi connectivity index (χ1n) is 23.0. The number of carbonyl (C=O) groups is 3. The zero-order valence-corrected chi connectivity index (χ0v) is 38.2. The first-order valence-corrected chi connectivity index (χ1v) is 23.0. The molecule has 3 N–H and O–H groups in total. The van der Waals surface area contributed by atoms with Crippen molar-refractivity contribution in [2.45, 2.75) is 101 Å². The summed E-state index contributed by atoms with van der Waals surface area (Å²) >= 11 is 0. The Labute approximate surface area is 371 Å². The molecule has 6 aliphatic rings. The van der Waals surface area contributed by atoms with E-state index in [1.54, 1.807) is 7.11 Å². The van der Waals surface area contributed by atoms with E-state index < -0.39 is 52.7 Å². The Morgan fingerprint density at radius 2 is 1.86 bits per heavy atom. The number of amides is 1. The second kappa shape index (κ2) is 16.0. The molecule has 9 atom stereocenters. The Morgan fingerprint density at radius 3 is 2.57 bits per heavy atom. The highest BCUT2D eigenvalue weighted by molar-refractivity contribution is 5.94. The van der Waals surface area contributed by atoms with Crippen LogP contribution in [0.1, 0.15) is 82.7 Å². The van der Waals surface area contributed by atoms with Crippen LogP contribution in [-0.4, -0.2) is 129 Å². The van der Waals surface area contributed by atoms with Crippen molar-refractivity contribution in [3.63, 3.8) is 0 Å². The highest BCUT2D eigenvalue weighted by Crippen LogP contribution is 2.68. The maximum absolute atomic E-state index is 15.4. The Kier molecular flexibility index (Phi) is 11.0. The summed E-state index contributed by atoms with van der Waals surface area (Å²) in [6, 6.07) is 11.6. The lowest BCUT2D eigenvalue weighted by atomic mass is 9.47. The van der Waals surface area contributed by atoms with Gasteiger partial charge in [-0.1, -0.05) is 69.7 Å². The number of ether oxygens (including phenoxy) is 4. The molecule has 0 radical (unpaired) electrons. The van der Waals surface area contributed by atoms with Gasteiger partial charge in [0.05, 0.1) is 20.3 Å². The molecule has 338 valence electrons. The van der Waals surface area contributed by atoms with E-state index in [4.69, 9.17) is 18.9 Å². The van der Waals surface area contributed by atoms with Gasteiger partial charge in [0, 0.05) is 97.5 Å². The molecule has 1 aliphatic carbocycles. The summed E-state index contributed by atoms with van der Waals surface area (Å²) < 4.78 is 24.8. The lowest BCUT2D eigenvalue weighted by Gasteiger charge is -2.64. The number of carbonyl (C=O) groups excluding carboxylic acids is 3. The SMILES string of the molecule is CCC1=C[C@@H]2CN(CCc3c([nH]c4ccccc34)[C@@](C(=O)OC)(c3cc4c(cc3OC)N(C)[C@H]3C(O)(COC(=O)NCC(C)C)[C@H](OC(C)=O)[C@]5(CC)C=CCN6CC[C@]43[C@@H]65)C2)C1. The van der Waals surface area contributed by atoms with Crippen LogP contribution in [0.25, 0.3) is 10.9 Å². The monoisotopic (exact) mass is 863 g/mol. The predicted octanol–water partition coefficient (Wildman–Crippen LogP) is 6.01. The molecule has 6 heterocycles. The third-order valence-electron chi connectivity index (χ3n) is 15.7. The minimum atomic E-state index is -1.89. The van der Waals surface area contributed by atoms with Gasteiger partial charge < -0.3 is 39.3 Å². The highest BCUT2D eigenvalue weighted by atomic mass is 16.6. The van der Waals surface area contributed by atoms with E-state index in [2.05, 4.69) is 81.3 Å². The van der Waals surface area contributed by atoms with Crippen LogP contribution in [0.3, 0.4) is 0 Å². The number of alkyl carbamates (subject to hydrolysis) is 1. The molecule has 13 nitrogen and oxygen atoms in total. The molecular weight excluding hydrogens is 799 g/mol. The Balaban J connectivity index is 1.32. The summed E-state index contributed by atoms with van der Waals surface area (Å²) in [4.78, 5) is 52.9. The molecule has 1 saturated heterocycles. The number of methoxy groups -OCH3 is 2. The lowest BCUT2D eigenvalue weighted by molar-refractivity contribution is -0.228. The van der Waals surface area contributed by atoms with Crippen LogP contribution in [0.2, 0.25) is 0 Å². The maximum Gasteiger partial charge on any atom is 0.407 e. The van der Waals surface area contributed by atoms with E-state index in [0.29, 0.717) is 43.7 Å². The topological polar surface area (TPSA) is 146 Å². The minimum Gasteiger partial charge on any atom is -0.496 e. The van der Waals surface area contributed by atoms with Crippen molar-refractivity contribution >= 4 is 34.6 Å². The molecule has 5 aliphatic heterocycles. The number of aromatic nitrogens is 1. The molecular formula is C50H65N5O8. The Hall–Kier alpha value is -4.85. The molecule has 2 unspecified atom stereocenters. The van der Waals surface area contributed by atoms with E-state index in [1.165, 1.54) is 19.6 Å². The molecule has 2 bridgehead atoms. The third-order valence-corrected chi connectivity index (χ3v) is 15.7. The van der Waals surface area contributed by atoms with Crippen LogP contribution in [0.4, 0.5) is 10.5 Å². The van der Waals surface area contributed by atoms with Gasteiger partial charge in [-0.2, -0.15) is 0 Å². The van der Waals surface area contributed by atoms with Crippen molar-refractivity contribution in [1.82, 2.24) is 20.1 Å². The molecule has 2 aromatic carbocycles. The van der Waals surface area contributed by atoms with Crippen LogP contribution in [-0.2, 0) is 41.1 Å². The number of esters is 2. The van der Waals surface area contributed by atoms with E-state index >= 15 is 4.79 Å². The van der Waals surface area contributed by atoms with E-state index in [1.807, 2.05) is 33.0 Å². The zero-order chi connectivity index (χ0) is 44.6. The number of fused-ring (bicyclic) bond motifs is 6. The van der Waals surface area contributed by atoms with Crippen LogP contribution in [0, 0.1) is 17.3 Å². The number of benzene rings is 2. The smallest absolute Gasteiger partial charge is 0.407 e. The summed E-state index contributed by atoms with van der Waals surface area (Å²) in [5, 5.41) is 17.7. The number of aromatic amines is 1. The van der Waals surface area contributed by atoms with Gasteiger partial charge in [-0.3, -0.25) is 19.4 Å².